The Labute approximate surface area is 178 Å². The molecule has 2 aromatic rings. The fourth-order valence-electron chi connectivity index (χ4n) is 3.39. The standard InChI is InChI=1S/C23H28ClN3O2/c1-7-20(28)21(26(4)5)17-11-18(24)13-19(12-17)27(6)22(23(29)15(2)3)16-9-8-10-25-14-16/h8-14,21-22H,2,7H2,1,3-6H3. The quantitative estimate of drug-likeness (QED) is 0.560. The molecule has 0 saturated carbocycles. The summed E-state index contributed by atoms with van der Waals surface area (Å²) in [6.45, 7) is 7.37. The molecule has 0 spiro atoms. The van der Waals surface area contributed by atoms with Gasteiger partial charge in [0.1, 0.15) is 6.04 Å². The zero-order valence-corrected chi connectivity index (χ0v) is 18.4. The van der Waals surface area contributed by atoms with E-state index in [1.807, 2.05) is 50.0 Å². The number of benzene rings is 1. The summed E-state index contributed by atoms with van der Waals surface area (Å²) in [5.74, 6) is 0.00325. The van der Waals surface area contributed by atoms with Gasteiger partial charge in [0.25, 0.3) is 0 Å². The molecule has 154 valence electrons. The Morgan fingerprint density at radius 1 is 1.14 bits per heavy atom. The molecule has 2 atom stereocenters. The lowest BCUT2D eigenvalue weighted by Crippen LogP contribution is -2.32. The van der Waals surface area contributed by atoms with Crippen LogP contribution in [0.3, 0.4) is 0 Å². The van der Waals surface area contributed by atoms with Crippen LogP contribution in [0.1, 0.15) is 43.5 Å². The highest BCUT2D eigenvalue weighted by molar-refractivity contribution is 6.31. The van der Waals surface area contributed by atoms with Crippen molar-refractivity contribution in [1.29, 1.82) is 0 Å². The van der Waals surface area contributed by atoms with Crippen molar-refractivity contribution in [3.63, 3.8) is 0 Å². The van der Waals surface area contributed by atoms with Crippen LogP contribution >= 0.6 is 11.6 Å². The van der Waals surface area contributed by atoms with Crippen molar-refractivity contribution in [2.45, 2.75) is 32.4 Å². The van der Waals surface area contributed by atoms with Gasteiger partial charge in [0.05, 0.1) is 6.04 Å². The lowest BCUT2D eigenvalue weighted by molar-refractivity contribution is -0.123. The largest absolute Gasteiger partial charge is 0.360 e. The van der Waals surface area contributed by atoms with Crippen molar-refractivity contribution in [3.8, 4) is 0 Å². The van der Waals surface area contributed by atoms with E-state index in [4.69, 9.17) is 11.6 Å². The molecule has 0 bridgehead atoms. The summed E-state index contributed by atoms with van der Waals surface area (Å²) in [7, 11) is 5.57. The normalized spacial score (nSPS) is 13.1. The molecule has 5 nitrogen and oxygen atoms in total. The van der Waals surface area contributed by atoms with E-state index in [1.54, 1.807) is 37.5 Å². The first-order valence-electron chi connectivity index (χ1n) is 9.49. The van der Waals surface area contributed by atoms with Gasteiger partial charge in [0.15, 0.2) is 11.6 Å². The molecule has 0 saturated heterocycles. The lowest BCUT2D eigenvalue weighted by Gasteiger charge is -2.31. The van der Waals surface area contributed by atoms with Crippen LogP contribution in [0.2, 0.25) is 5.02 Å². The minimum absolute atomic E-state index is 0.101. The van der Waals surface area contributed by atoms with E-state index in [0.29, 0.717) is 17.0 Å². The fraction of sp³-hybridized carbons (Fsp3) is 0.348. The lowest BCUT2D eigenvalue weighted by atomic mass is 9.96. The predicted molar refractivity (Wildman–Crippen MR) is 118 cm³/mol. The number of anilines is 1. The van der Waals surface area contributed by atoms with E-state index < -0.39 is 12.1 Å². The van der Waals surface area contributed by atoms with Crippen LogP contribution < -0.4 is 4.90 Å². The average molecular weight is 414 g/mol. The number of aromatic nitrogens is 1. The Bertz CT molecular complexity index is 896. The van der Waals surface area contributed by atoms with Crippen LogP contribution in [-0.2, 0) is 9.59 Å². The highest BCUT2D eigenvalue weighted by Gasteiger charge is 2.28. The van der Waals surface area contributed by atoms with Gasteiger partial charge >= 0.3 is 0 Å². The molecule has 2 rings (SSSR count). The molecule has 0 fully saturated rings. The number of ketones is 2. The number of likely N-dealkylation sites (N-methyl/N-ethyl adjacent to an activating group) is 2. The van der Waals surface area contributed by atoms with Crippen molar-refractivity contribution in [2.24, 2.45) is 0 Å². The summed E-state index contributed by atoms with van der Waals surface area (Å²) in [4.78, 5) is 33.4. The van der Waals surface area contributed by atoms with Crippen LogP contribution in [0, 0.1) is 0 Å². The maximum atomic E-state index is 13.0. The van der Waals surface area contributed by atoms with Crippen molar-refractivity contribution in [1.82, 2.24) is 9.88 Å². The summed E-state index contributed by atoms with van der Waals surface area (Å²) in [5, 5.41) is 0.507. The van der Waals surface area contributed by atoms with Crippen LogP contribution in [0.15, 0.2) is 54.9 Å². The van der Waals surface area contributed by atoms with E-state index in [2.05, 4.69) is 11.6 Å². The first-order chi connectivity index (χ1) is 13.7. The van der Waals surface area contributed by atoms with E-state index in [9.17, 15) is 9.59 Å². The zero-order valence-electron chi connectivity index (χ0n) is 17.6. The Balaban J connectivity index is 2.56. The Morgan fingerprint density at radius 2 is 1.83 bits per heavy atom. The number of carbonyl (C=O) groups is 2. The number of pyridine rings is 1. The molecule has 1 aromatic heterocycles. The number of halogens is 1. The van der Waals surface area contributed by atoms with Crippen molar-refractivity contribution in [2.75, 3.05) is 26.0 Å². The Morgan fingerprint density at radius 3 is 2.34 bits per heavy atom. The molecule has 6 heteroatoms. The summed E-state index contributed by atoms with van der Waals surface area (Å²) in [6.07, 6.45) is 3.77. The molecule has 0 aliphatic heterocycles. The van der Waals surface area contributed by atoms with Gasteiger partial charge in [-0.2, -0.15) is 0 Å². The third-order valence-corrected chi connectivity index (χ3v) is 5.07. The minimum atomic E-state index is -0.591. The highest BCUT2D eigenvalue weighted by atomic mass is 35.5. The molecule has 29 heavy (non-hydrogen) atoms. The van der Waals surface area contributed by atoms with Crippen LogP contribution in [-0.4, -0.2) is 42.6 Å². The van der Waals surface area contributed by atoms with Gasteiger partial charge in [-0.25, -0.2) is 0 Å². The summed E-state index contributed by atoms with van der Waals surface area (Å²) < 4.78 is 0. The van der Waals surface area contributed by atoms with Gasteiger partial charge < -0.3 is 4.90 Å². The maximum absolute atomic E-state index is 13.0. The topological polar surface area (TPSA) is 53.5 Å². The van der Waals surface area contributed by atoms with E-state index >= 15 is 0 Å². The van der Waals surface area contributed by atoms with Gasteiger partial charge in [-0.15, -0.1) is 0 Å². The molecule has 2 unspecified atom stereocenters. The Hall–Kier alpha value is -2.50. The third-order valence-electron chi connectivity index (χ3n) is 4.85. The molecular weight excluding hydrogens is 386 g/mol. The zero-order chi connectivity index (χ0) is 21.7. The van der Waals surface area contributed by atoms with Gasteiger partial charge in [-0.3, -0.25) is 19.5 Å². The molecule has 0 radical (unpaired) electrons. The fourth-order valence-corrected chi connectivity index (χ4v) is 3.63. The number of carbonyl (C=O) groups excluding carboxylic acids is 2. The van der Waals surface area contributed by atoms with Gasteiger partial charge in [0, 0.05) is 42.1 Å². The summed E-state index contributed by atoms with van der Waals surface area (Å²) >= 11 is 6.41. The predicted octanol–water partition coefficient (Wildman–Crippen LogP) is 4.64. The number of hydrogen-bond acceptors (Lipinski definition) is 5. The molecule has 1 aromatic carbocycles. The van der Waals surface area contributed by atoms with Crippen LogP contribution in [0.25, 0.3) is 0 Å². The van der Waals surface area contributed by atoms with Crippen LogP contribution in [0.4, 0.5) is 5.69 Å². The molecule has 0 amide bonds. The van der Waals surface area contributed by atoms with Crippen molar-refractivity contribution >= 4 is 28.9 Å². The molecular formula is C23H28ClN3O2. The molecule has 0 aliphatic carbocycles. The van der Waals surface area contributed by atoms with E-state index in [-0.39, 0.29) is 11.6 Å². The SMILES string of the molecule is C=C(C)C(=O)C(c1cccnc1)N(C)c1cc(Cl)cc(C(C(=O)CC)N(C)C)c1. The van der Waals surface area contributed by atoms with Crippen LogP contribution in [0.5, 0.6) is 0 Å². The summed E-state index contributed by atoms with van der Waals surface area (Å²) in [5.41, 5.74) is 2.76. The summed E-state index contributed by atoms with van der Waals surface area (Å²) in [6, 6.07) is 8.18. The second-order valence-corrected chi connectivity index (χ2v) is 7.81. The molecule has 1 heterocycles. The monoisotopic (exact) mass is 413 g/mol. The number of nitrogens with zero attached hydrogens (tertiary/aromatic N) is 3. The minimum Gasteiger partial charge on any atom is -0.360 e. The van der Waals surface area contributed by atoms with Gasteiger partial charge in [-0.1, -0.05) is 31.2 Å². The second-order valence-electron chi connectivity index (χ2n) is 7.37. The number of Topliss-reactive ketones (excluding diaryl/α,β-unsaturated/α-hetero) is 2. The van der Waals surface area contributed by atoms with E-state index in [1.165, 1.54) is 0 Å². The smallest absolute Gasteiger partial charge is 0.184 e. The second kappa shape index (κ2) is 9.81. The average Bonchev–Trinajstić information content (AvgIpc) is 2.68. The first-order valence-corrected chi connectivity index (χ1v) is 9.87. The maximum Gasteiger partial charge on any atom is 0.184 e. The van der Waals surface area contributed by atoms with Gasteiger partial charge in [0.2, 0.25) is 0 Å². The first kappa shape index (κ1) is 22.8. The van der Waals surface area contributed by atoms with Crippen molar-refractivity contribution in [3.05, 3.63) is 71.0 Å². The van der Waals surface area contributed by atoms with Crippen molar-refractivity contribution < 1.29 is 9.59 Å². The molecule has 0 N–H and O–H groups in total. The van der Waals surface area contributed by atoms with Gasteiger partial charge in [-0.05, 0) is 56.4 Å². The Kier molecular flexibility index (Phi) is 7.71. The number of hydrogen-bond donors (Lipinski definition) is 0. The number of rotatable bonds is 9. The molecule has 0 aliphatic rings. The third kappa shape index (κ3) is 5.31. The highest BCUT2D eigenvalue weighted by Crippen LogP contribution is 2.33. The van der Waals surface area contributed by atoms with E-state index in [0.717, 1.165) is 16.8 Å².